The van der Waals surface area contributed by atoms with Gasteiger partial charge in [-0.25, -0.2) is 9.97 Å². The molecule has 0 spiro atoms. The van der Waals surface area contributed by atoms with Crippen LogP contribution < -0.4 is 15.5 Å². The maximum Gasteiger partial charge on any atom is 0.234 e. The molecule has 7 nitrogen and oxygen atoms in total. The summed E-state index contributed by atoms with van der Waals surface area (Å²) in [6.45, 7) is 3.79. The number of carbonyl (C=O) groups is 1. The number of rotatable bonds is 5. The molecule has 25 heavy (non-hydrogen) atoms. The van der Waals surface area contributed by atoms with Crippen LogP contribution in [0.2, 0.25) is 5.15 Å². The fraction of sp³-hybridized carbons (Fsp3) is 0.706. The summed E-state index contributed by atoms with van der Waals surface area (Å²) in [5.41, 5.74) is 0.757. The van der Waals surface area contributed by atoms with E-state index in [0.717, 1.165) is 50.5 Å². The second-order valence-corrected chi connectivity index (χ2v) is 7.14. The fourth-order valence-corrected chi connectivity index (χ4v) is 3.87. The number of piperazine rings is 1. The van der Waals surface area contributed by atoms with Crippen LogP contribution in [0, 0.1) is 0 Å². The zero-order valence-corrected chi connectivity index (χ0v) is 15.6. The SMILES string of the molecule is CNc1c(Cl)ncnc1N1CCN(CC(=O)NC2CCCCC2)CC1. The maximum absolute atomic E-state index is 12.3. The molecule has 1 aromatic heterocycles. The molecule has 1 aliphatic heterocycles. The second-order valence-electron chi connectivity index (χ2n) is 6.78. The first-order valence-electron chi connectivity index (χ1n) is 9.12. The lowest BCUT2D eigenvalue weighted by Crippen LogP contribution is -2.51. The minimum atomic E-state index is 0.154. The van der Waals surface area contributed by atoms with Gasteiger partial charge >= 0.3 is 0 Å². The molecule has 2 N–H and O–H groups in total. The third kappa shape index (κ3) is 4.73. The number of carbonyl (C=O) groups excluding carboxylic acids is 1. The van der Waals surface area contributed by atoms with Gasteiger partial charge in [0.15, 0.2) is 11.0 Å². The summed E-state index contributed by atoms with van der Waals surface area (Å²) >= 11 is 6.14. The smallest absolute Gasteiger partial charge is 0.234 e. The Balaban J connectivity index is 1.48. The lowest BCUT2D eigenvalue weighted by Gasteiger charge is -2.36. The number of nitrogens with one attached hydrogen (secondary N) is 2. The quantitative estimate of drug-likeness (QED) is 0.773. The van der Waals surface area contributed by atoms with Gasteiger partial charge in [-0.05, 0) is 12.8 Å². The van der Waals surface area contributed by atoms with E-state index in [1.54, 1.807) is 0 Å². The molecule has 1 saturated carbocycles. The number of nitrogens with zero attached hydrogens (tertiary/aromatic N) is 4. The average Bonchev–Trinajstić information content (AvgIpc) is 2.63. The summed E-state index contributed by atoms with van der Waals surface area (Å²) in [7, 11) is 1.82. The van der Waals surface area contributed by atoms with Crippen molar-refractivity contribution in [2.75, 3.05) is 50.0 Å². The molecule has 8 heteroatoms. The van der Waals surface area contributed by atoms with Gasteiger partial charge in [0, 0.05) is 39.3 Å². The van der Waals surface area contributed by atoms with E-state index in [4.69, 9.17) is 11.6 Å². The van der Waals surface area contributed by atoms with Crippen LogP contribution in [-0.4, -0.2) is 66.6 Å². The highest BCUT2D eigenvalue weighted by molar-refractivity contribution is 6.32. The van der Waals surface area contributed by atoms with Gasteiger partial charge in [-0.15, -0.1) is 0 Å². The Morgan fingerprint density at radius 1 is 1.20 bits per heavy atom. The average molecular weight is 367 g/mol. The van der Waals surface area contributed by atoms with E-state index in [-0.39, 0.29) is 5.91 Å². The Morgan fingerprint density at radius 2 is 1.92 bits per heavy atom. The highest BCUT2D eigenvalue weighted by Crippen LogP contribution is 2.29. The monoisotopic (exact) mass is 366 g/mol. The molecule has 0 aromatic carbocycles. The summed E-state index contributed by atoms with van der Waals surface area (Å²) in [6, 6.07) is 0.379. The lowest BCUT2D eigenvalue weighted by atomic mass is 9.95. The fourth-order valence-electron chi connectivity index (χ4n) is 3.65. The third-order valence-corrected chi connectivity index (χ3v) is 5.33. The van der Waals surface area contributed by atoms with E-state index in [1.165, 1.54) is 25.6 Å². The molecule has 1 amide bonds. The first-order chi connectivity index (χ1) is 12.2. The van der Waals surface area contributed by atoms with Gasteiger partial charge in [-0.2, -0.15) is 0 Å². The van der Waals surface area contributed by atoms with Crippen molar-refractivity contribution in [2.45, 2.75) is 38.1 Å². The van der Waals surface area contributed by atoms with Crippen LogP contribution in [0.1, 0.15) is 32.1 Å². The lowest BCUT2D eigenvalue weighted by molar-refractivity contribution is -0.123. The number of hydrogen-bond donors (Lipinski definition) is 2. The first-order valence-corrected chi connectivity index (χ1v) is 9.50. The summed E-state index contributed by atoms with van der Waals surface area (Å²) in [5, 5.41) is 6.70. The highest BCUT2D eigenvalue weighted by Gasteiger charge is 2.23. The van der Waals surface area contributed by atoms with Crippen molar-refractivity contribution in [3.8, 4) is 0 Å². The highest BCUT2D eigenvalue weighted by atomic mass is 35.5. The molecule has 2 aliphatic rings. The molecule has 0 atom stereocenters. The van der Waals surface area contributed by atoms with Crippen LogP contribution in [0.4, 0.5) is 11.5 Å². The van der Waals surface area contributed by atoms with Gasteiger partial charge in [0.2, 0.25) is 5.91 Å². The van der Waals surface area contributed by atoms with Crippen molar-refractivity contribution in [3.05, 3.63) is 11.5 Å². The third-order valence-electron chi connectivity index (χ3n) is 5.04. The minimum Gasteiger partial charge on any atom is -0.383 e. The van der Waals surface area contributed by atoms with E-state index >= 15 is 0 Å². The first kappa shape index (κ1) is 18.2. The van der Waals surface area contributed by atoms with Gasteiger partial charge < -0.3 is 15.5 Å². The van der Waals surface area contributed by atoms with Gasteiger partial charge in [0.05, 0.1) is 6.54 Å². The number of aromatic nitrogens is 2. The zero-order chi connectivity index (χ0) is 17.6. The predicted octanol–water partition coefficient (Wildman–Crippen LogP) is 1.74. The Labute approximate surface area is 154 Å². The van der Waals surface area contributed by atoms with E-state index in [2.05, 4.69) is 30.4 Å². The van der Waals surface area contributed by atoms with Gasteiger partial charge in [0.25, 0.3) is 0 Å². The Hall–Kier alpha value is -1.60. The Morgan fingerprint density at radius 3 is 2.60 bits per heavy atom. The standard InChI is InChI=1S/C17H27ClN6O/c1-19-15-16(18)20-12-21-17(15)24-9-7-23(8-10-24)11-14(25)22-13-5-3-2-4-6-13/h12-13,19H,2-11H2,1H3,(H,22,25). The Bertz CT molecular complexity index is 585. The number of amides is 1. The van der Waals surface area contributed by atoms with Gasteiger partial charge in [0.1, 0.15) is 12.0 Å². The topological polar surface area (TPSA) is 73.4 Å². The van der Waals surface area contributed by atoms with Crippen molar-refractivity contribution in [2.24, 2.45) is 0 Å². The number of hydrogen-bond acceptors (Lipinski definition) is 6. The van der Waals surface area contributed by atoms with E-state index in [9.17, 15) is 4.79 Å². The van der Waals surface area contributed by atoms with Crippen molar-refractivity contribution in [3.63, 3.8) is 0 Å². The molecule has 2 heterocycles. The second kappa shape index (κ2) is 8.67. The van der Waals surface area contributed by atoms with E-state index < -0.39 is 0 Å². The van der Waals surface area contributed by atoms with Crippen LogP contribution in [-0.2, 0) is 4.79 Å². The molecule has 2 fully saturated rings. The molecular weight excluding hydrogens is 340 g/mol. The molecule has 1 saturated heterocycles. The largest absolute Gasteiger partial charge is 0.383 e. The predicted molar refractivity (Wildman–Crippen MR) is 100 cm³/mol. The summed E-state index contributed by atoms with van der Waals surface area (Å²) in [5.74, 6) is 0.982. The minimum absolute atomic E-state index is 0.154. The molecule has 1 aliphatic carbocycles. The Kier molecular flexibility index (Phi) is 6.31. The van der Waals surface area contributed by atoms with Gasteiger partial charge in [-0.3, -0.25) is 9.69 Å². The number of anilines is 2. The van der Waals surface area contributed by atoms with Crippen molar-refractivity contribution >= 4 is 29.0 Å². The zero-order valence-electron chi connectivity index (χ0n) is 14.8. The van der Waals surface area contributed by atoms with Gasteiger partial charge in [-0.1, -0.05) is 30.9 Å². The molecule has 138 valence electrons. The number of halogens is 1. The van der Waals surface area contributed by atoms with Crippen LogP contribution in [0.25, 0.3) is 0 Å². The van der Waals surface area contributed by atoms with E-state index in [0.29, 0.717) is 17.7 Å². The molecule has 0 unspecified atom stereocenters. The molecule has 0 bridgehead atoms. The maximum atomic E-state index is 12.3. The van der Waals surface area contributed by atoms with Crippen LogP contribution in [0.15, 0.2) is 6.33 Å². The van der Waals surface area contributed by atoms with Crippen molar-refractivity contribution < 1.29 is 4.79 Å². The van der Waals surface area contributed by atoms with Crippen LogP contribution in [0.5, 0.6) is 0 Å². The molecule has 0 radical (unpaired) electrons. The van der Waals surface area contributed by atoms with E-state index in [1.807, 2.05) is 7.05 Å². The van der Waals surface area contributed by atoms with Crippen molar-refractivity contribution in [1.29, 1.82) is 0 Å². The summed E-state index contributed by atoms with van der Waals surface area (Å²) < 4.78 is 0. The van der Waals surface area contributed by atoms with Crippen LogP contribution in [0.3, 0.4) is 0 Å². The molecular formula is C17H27ClN6O. The van der Waals surface area contributed by atoms with Crippen molar-refractivity contribution in [1.82, 2.24) is 20.2 Å². The summed E-state index contributed by atoms with van der Waals surface area (Å²) in [6.07, 6.45) is 7.51. The summed E-state index contributed by atoms with van der Waals surface area (Å²) in [4.78, 5) is 25.0. The molecule has 1 aromatic rings. The van der Waals surface area contributed by atoms with Crippen LogP contribution >= 0.6 is 11.6 Å². The molecule has 3 rings (SSSR count). The normalized spacial score (nSPS) is 19.7.